The average molecular weight is 168 g/mol. The van der Waals surface area contributed by atoms with E-state index in [2.05, 4.69) is 33.8 Å². The monoisotopic (exact) mass is 168 g/mol. The van der Waals surface area contributed by atoms with Crippen molar-refractivity contribution in [1.82, 2.24) is 0 Å². The highest BCUT2D eigenvalue weighted by Gasteiger charge is 2.16. The van der Waals surface area contributed by atoms with Gasteiger partial charge in [0.1, 0.15) is 5.60 Å². The average Bonchev–Trinajstić information content (AvgIpc) is 1.82. The molecular weight excluding hydrogens is 148 g/mol. The Balaban J connectivity index is 2.52. The predicted octanol–water partition coefficient (Wildman–Crippen LogP) is 3.51. The minimum atomic E-state index is -0.0249. The van der Waals surface area contributed by atoms with Gasteiger partial charge in [0, 0.05) is 6.42 Å². The third kappa shape index (κ3) is 3.29. The fraction of sp³-hybridized carbons (Fsp3) is 0.818. The fourth-order valence-electron chi connectivity index (χ4n) is 1.56. The third-order valence-electron chi connectivity index (χ3n) is 1.99. The van der Waals surface area contributed by atoms with Crippen molar-refractivity contribution < 1.29 is 4.74 Å². The smallest absolute Gasteiger partial charge is 0.100 e. The number of allylic oxidation sites excluding steroid dienone is 2. The van der Waals surface area contributed by atoms with E-state index in [9.17, 15) is 0 Å². The standard InChI is InChI=1S/C11H20O/c1-9-6-5-7-10(8-9)12-11(2,3)4/h8-9H,5-7H2,1-4H3. The number of ether oxygens (including phenoxy) is 1. The normalized spacial score (nSPS) is 25.0. The van der Waals surface area contributed by atoms with Crippen LogP contribution >= 0.6 is 0 Å². The molecule has 12 heavy (non-hydrogen) atoms. The van der Waals surface area contributed by atoms with Gasteiger partial charge in [-0.05, 0) is 45.6 Å². The SMILES string of the molecule is CC1C=C(OC(C)(C)C)CCC1. The van der Waals surface area contributed by atoms with E-state index in [0.29, 0.717) is 5.92 Å². The minimum Gasteiger partial charge on any atom is -0.493 e. The van der Waals surface area contributed by atoms with E-state index < -0.39 is 0 Å². The molecule has 0 bridgehead atoms. The zero-order chi connectivity index (χ0) is 9.19. The molecule has 1 atom stereocenters. The van der Waals surface area contributed by atoms with E-state index in [1.54, 1.807) is 0 Å². The molecule has 70 valence electrons. The van der Waals surface area contributed by atoms with Gasteiger partial charge in [-0.2, -0.15) is 0 Å². The molecular formula is C11H20O. The first kappa shape index (κ1) is 9.63. The van der Waals surface area contributed by atoms with Crippen LogP contribution in [0.2, 0.25) is 0 Å². The molecule has 1 aliphatic rings. The lowest BCUT2D eigenvalue weighted by Crippen LogP contribution is -2.20. The second-order valence-electron chi connectivity index (χ2n) is 4.72. The Labute approximate surface area is 75.8 Å². The molecule has 0 radical (unpaired) electrons. The minimum absolute atomic E-state index is 0.0249. The first-order valence-electron chi connectivity index (χ1n) is 4.87. The van der Waals surface area contributed by atoms with Gasteiger partial charge in [0.25, 0.3) is 0 Å². The maximum atomic E-state index is 5.81. The Morgan fingerprint density at radius 3 is 2.58 bits per heavy atom. The first-order valence-corrected chi connectivity index (χ1v) is 4.87. The summed E-state index contributed by atoms with van der Waals surface area (Å²) in [4.78, 5) is 0. The van der Waals surface area contributed by atoms with Gasteiger partial charge in [0.05, 0.1) is 5.76 Å². The summed E-state index contributed by atoms with van der Waals surface area (Å²) >= 11 is 0. The van der Waals surface area contributed by atoms with Crippen LogP contribution in [-0.2, 0) is 4.74 Å². The largest absolute Gasteiger partial charge is 0.493 e. The van der Waals surface area contributed by atoms with Gasteiger partial charge in [-0.3, -0.25) is 0 Å². The van der Waals surface area contributed by atoms with Crippen LogP contribution < -0.4 is 0 Å². The molecule has 0 amide bonds. The quantitative estimate of drug-likeness (QED) is 0.582. The maximum absolute atomic E-state index is 5.81. The molecule has 0 heterocycles. The lowest BCUT2D eigenvalue weighted by Gasteiger charge is -2.26. The van der Waals surface area contributed by atoms with Crippen molar-refractivity contribution in [3.8, 4) is 0 Å². The van der Waals surface area contributed by atoms with Crippen LogP contribution in [-0.4, -0.2) is 5.60 Å². The zero-order valence-electron chi connectivity index (χ0n) is 8.68. The summed E-state index contributed by atoms with van der Waals surface area (Å²) in [7, 11) is 0. The summed E-state index contributed by atoms with van der Waals surface area (Å²) < 4.78 is 5.81. The second-order valence-corrected chi connectivity index (χ2v) is 4.72. The van der Waals surface area contributed by atoms with Crippen LogP contribution in [0.15, 0.2) is 11.8 Å². The number of hydrogen-bond donors (Lipinski definition) is 0. The van der Waals surface area contributed by atoms with Crippen LogP contribution in [0.25, 0.3) is 0 Å². The molecule has 1 nitrogen and oxygen atoms in total. The molecule has 1 aliphatic carbocycles. The van der Waals surface area contributed by atoms with Crippen molar-refractivity contribution in [2.75, 3.05) is 0 Å². The Hall–Kier alpha value is -0.460. The first-order chi connectivity index (χ1) is 5.47. The third-order valence-corrected chi connectivity index (χ3v) is 1.99. The van der Waals surface area contributed by atoms with Gasteiger partial charge >= 0.3 is 0 Å². The Bertz CT molecular complexity index is 174. The van der Waals surface area contributed by atoms with Crippen LogP contribution in [0.5, 0.6) is 0 Å². The topological polar surface area (TPSA) is 9.23 Å². The highest BCUT2D eigenvalue weighted by atomic mass is 16.5. The van der Waals surface area contributed by atoms with Crippen molar-refractivity contribution >= 4 is 0 Å². The molecule has 1 unspecified atom stereocenters. The van der Waals surface area contributed by atoms with Gasteiger partial charge < -0.3 is 4.74 Å². The van der Waals surface area contributed by atoms with E-state index in [-0.39, 0.29) is 5.60 Å². The molecule has 0 N–H and O–H groups in total. The van der Waals surface area contributed by atoms with Crippen molar-refractivity contribution in [2.45, 2.75) is 52.6 Å². The molecule has 1 heteroatoms. The second kappa shape index (κ2) is 3.51. The van der Waals surface area contributed by atoms with Gasteiger partial charge in [0.15, 0.2) is 0 Å². The lowest BCUT2D eigenvalue weighted by molar-refractivity contribution is 0.0424. The molecule has 0 aromatic rings. The van der Waals surface area contributed by atoms with Crippen LogP contribution in [0.4, 0.5) is 0 Å². The Kier molecular flexibility index (Phi) is 2.81. The summed E-state index contributed by atoms with van der Waals surface area (Å²) in [6, 6.07) is 0. The molecule has 0 aromatic carbocycles. The molecule has 0 fully saturated rings. The highest BCUT2D eigenvalue weighted by Crippen LogP contribution is 2.26. The fourth-order valence-corrected chi connectivity index (χ4v) is 1.56. The van der Waals surface area contributed by atoms with E-state index in [0.717, 1.165) is 6.42 Å². The van der Waals surface area contributed by atoms with Gasteiger partial charge in [-0.25, -0.2) is 0 Å². The lowest BCUT2D eigenvalue weighted by atomic mass is 9.96. The van der Waals surface area contributed by atoms with E-state index in [4.69, 9.17) is 4.74 Å². The zero-order valence-corrected chi connectivity index (χ0v) is 8.68. The number of hydrogen-bond acceptors (Lipinski definition) is 1. The molecule has 0 saturated carbocycles. The maximum Gasteiger partial charge on any atom is 0.100 e. The Morgan fingerprint density at radius 2 is 2.08 bits per heavy atom. The summed E-state index contributed by atoms with van der Waals surface area (Å²) in [6.07, 6.45) is 6.00. The molecule has 1 rings (SSSR count). The predicted molar refractivity (Wildman–Crippen MR) is 51.9 cm³/mol. The molecule has 0 aliphatic heterocycles. The van der Waals surface area contributed by atoms with Crippen LogP contribution in [0.1, 0.15) is 47.0 Å². The Morgan fingerprint density at radius 1 is 1.42 bits per heavy atom. The van der Waals surface area contributed by atoms with Gasteiger partial charge in [-0.1, -0.05) is 6.92 Å². The van der Waals surface area contributed by atoms with Gasteiger partial charge in [-0.15, -0.1) is 0 Å². The van der Waals surface area contributed by atoms with Crippen molar-refractivity contribution in [3.63, 3.8) is 0 Å². The molecule has 0 aromatic heterocycles. The summed E-state index contributed by atoms with van der Waals surface area (Å²) in [6.45, 7) is 8.57. The van der Waals surface area contributed by atoms with E-state index >= 15 is 0 Å². The van der Waals surface area contributed by atoms with Crippen molar-refractivity contribution in [3.05, 3.63) is 11.8 Å². The number of rotatable bonds is 1. The summed E-state index contributed by atoms with van der Waals surface area (Å²) in [5.74, 6) is 1.90. The molecule has 0 spiro atoms. The van der Waals surface area contributed by atoms with Crippen LogP contribution in [0.3, 0.4) is 0 Å². The summed E-state index contributed by atoms with van der Waals surface area (Å²) in [5.41, 5.74) is -0.0249. The van der Waals surface area contributed by atoms with Crippen molar-refractivity contribution in [2.24, 2.45) is 5.92 Å². The van der Waals surface area contributed by atoms with Crippen LogP contribution in [0, 0.1) is 5.92 Å². The van der Waals surface area contributed by atoms with E-state index in [1.807, 2.05) is 0 Å². The molecule has 0 saturated heterocycles. The van der Waals surface area contributed by atoms with E-state index in [1.165, 1.54) is 18.6 Å². The van der Waals surface area contributed by atoms with Crippen molar-refractivity contribution in [1.29, 1.82) is 0 Å². The van der Waals surface area contributed by atoms with Gasteiger partial charge in [0.2, 0.25) is 0 Å². The highest BCUT2D eigenvalue weighted by molar-refractivity contribution is 5.01. The summed E-state index contributed by atoms with van der Waals surface area (Å²) in [5, 5.41) is 0.